The lowest BCUT2D eigenvalue weighted by atomic mass is 9.92. The zero-order valence-corrected chi connectivity index (χ0v) is 20.6. The van der Waals surface area contributed by atoms with Gasteiger partial charge >= 0.3 is 0 Å². The lowest BCUT2D eigenvalue weighted by Crippen LogP contribution is -2.42. The minimum Gasteiger partial charge on any atom is -0.496 e. The molecular weight excluding hydrogens is 461 g/mol. The number of hydrogen-bond acceptors (Lipinski definition) is 5. The number of carbonyl (C=O) groups is 2. The number of nitrogens with one attached hydrogen (secondary N) is 1. The van der Waals surface area contributed by atoms with E-state index in [1.54, 1.807) is 35.2 Å². The highest BCUT2D eigenvalue weighted by atomic mass is 19.1. The molecule has 2 aliphatic rings. The van der Waals surface area contributed by atoms with Gasteiger partial charge in [0.05, 0.1) is 18.4 Å². The Hall–Kier alpha value is -3.94. The third kappa shape index (κ3) is 4.17. The molecule has 1 aliphatic carbocycles. The Morgan fingerprint density at radius 2 is 1.97 bits per heavy atom. The molecule has 0 radical (unpaired) electrons. The van der Waals surface area contributed by atoms with Gasteiger partial charge in [-0.2, -0.15) is 5.10 Å². The van der Waals surface area contributed by atoms with Crippen LogP contribution in [-0.4, -0.2) is 30.7 Å². The predicted octanol–water partition coefficient (Wildman–Crippen LogP) is 5.19. The number of furan rings is 1. The average Bonchev–Trinajstić information content (AvgIpc) is 3.23. The third-order valence-corrected chi connectivity index (χ3v) is 6.96. The number of rotatable bonds is 4. The summed E-state index contributed by atoms with van der Waals surface area (Å²) < 4.78 is 25.2. The van der Waals surface area contributed by atoms with E-state index >= 15 is 0 Å². The van der Waals surface area contributed by atoms with E-state index in [2.05, 4.69) is 10.5 Å². The second-order valence-corrected chi connectivity index (χ2v) is 9.24. The number of halogens is 1. The predicted molar refractivity (Wildman–Crippen MR) is 134 cm³/mol. The summed E-state index contributed by atoms with van der Waals surface area (Å²) in [5, 5.41) is 4.42. The largest absolute Gasteiger partial charge is 0.496 e. The quantitative estimate of drug-likeness (QED) is 0.512. The molecule has 0 saturated heterocycles. The van der Waals surface area contributed by atoms with Crippen molar-refractivity contribution in [1.82, 2.24) is 5.43 Å². The number of nitrogens with zero attached hydrogens (tertiary/aromatic N) is 2. The van der Waals surface area contributed by atoms with Gasteiger partial charge in [0.15, 0.2) is 5.76 Å². The smallest absolute Gasteiger partial charge is 0.294 e. The first-order chi connectivity index (χ1) is 17.4. The first-order valence-electron chi connectivity index (χ1n) is 12.1. The molecule has 7 nitrogen and oxygen atoms in total. The van der Waals surface area contributed by atoms with Crippen LogP contribution in [0.15, 0.2) is 52.0 Å². The molecule has 8 heteroatoms. The van der Waals surface area contributed by atoms with E-state index in [1.165, 1.54) is 19.2 Å². The van der Waals surface area contributed by atoms with E-state index in [0.29, 0.717) is 53.3 Å². The van der Waals surface area contributed by atoms with Gasteiger partial charge in [-0.3, -0.25) is 9.59 Å². The first kappa shape index (κ1) is 23.8. The van der Waals surface area contributed by atoms with Crippen molar-refractivity contribution in [3.05, 3.63) is 82.1 Å². The lowest BCUT2D eigenvalue weighted by Gasteiger charge is -2.34. The van der Waals surface area contributed by atoms with E-state index in [-0.39, 0.29) is 29.4 Å². The molecule has 5 rings (SSSR count). The zero-order valence-electron chi connectivity index (χ0n) is 20.6. The molecular formula is C28H28FN3O4. The Kier molecular flexibility index (Phi) is 6.35. The van der Waals surface area contributed by atoms with Crippen LogP contribution in [0.5, 0.6) is 5.75 Å². The molecule has 186 valence electrons. The van der Waals surface area contributed by atoms with Gasteiger partial charge in [-0.05, 0) is 75.4 Å². The van der Waals surface area contributed by atoms with Gasteiger partial charge in [-0.1, -0.05) is 12.1 Å². The summed E-state index contributed by atoms with van der Waals surface area (Å²) in [5.41, 5.74) is 6.69. The third-order valence-electron chi connectivity index (χ3n) is 6.96. The lowest BCUT2D eigenvalue weighted by molar-refractivity contribution is 0.0940. The number of ether oxygens (including phenoxy) is 1. The van der Waals surface area contributed by atoms with Crippen LogP contribution in [0.4, 0.5) is 10.1 Å². The van der Waals surface area contributed by atoms with Crippen molar-refractivity contribution in [3.63, 3.8) is 0 Å². The molecule has 0 saturated carbocycles. The minimum atomic E-state index is -0.379. The molecule has 1 aliphatic heterocycles. The number of para-hydroxylation sites is 1. The second-order valence-electron chi connectivity index (χ2n) is 9.24. The van der Waals surface area contributed by atoms with Crippen molar-refractivity contribution in [2.24, 2.45) is 5.10 Å². The minimum absolute atomic E-state index is 0.0507. The van der Waals surface area contributed by atoms with Crippen LogP contribution in [0.25, 0.3) is 0 Å². The summed E-state index contributed by atoms with van der Waals surface area (Å²) in [5.74, 6) is 0.472. The van der Waals surface area contributed by atoms with Crippen molar-refractivity contribution in [2.75, 3.05) is 12.0 Å². The molecule has 1 aromatic heterocycles. The van der Waals surface area contributed by atoms with Gasteiger partial charge in [0.25, 0.3) is 11.8 Å². The SMILES string of the molecule is COc1ccccc1C(=O)N/N=C1\CCCc2oc(C(=O)N3c4ccc(F)cc4CCC3C)c(C)c21. The highest BCUT2D eigenvalue weighted by Crippen LogP contribution is 2.36. The van der Waals surface area contributed by atoms with E-state index in [9.17, 15) is 14.0 Å². The van der Waals surface area contributed by atoms with Crippen LogP contribution in [0.2, 0.25) is 0 Å². The van der Waals surface area contributed by atoms with Gasteiger partial charge < -0.3 is 14.1 Å². The number of anilines is 1. The number of fused-ring (bicyclic) bond motifs is 2. The Balaban J connectivity index is 1.46. The van der Waals surface area contributed by atoms with Crippen LogP contribution in [0.1, 0.15) is 69.5 Å². The zero-order chi connectivity index (χ0) is 25.4. The number of amides is 2. The number of benzene rings is 2. The summed E-state index contributed by atoms with van der Waals surface area (Å²) in [6.45, 7) is 3.83. The number of methoxy groups -OCH3 is 1. The van der Waals surface area contributed by atoms with Crippen molar-refractivity contribution in [3.8, 4) is 5.75 Å². The second kappa shape index (κ2) is 9.60. The molecule has 0 bridgehead atoms. The van der Waals surface area contributed by atoms with Crippen LogP contribution in [0, 0.1) is 12.7 Å². The van der Waals surface area contributed by atoms with Crippen molar-refractivity contribution >= 4 is 23.2 Å². The van der Waals surface area contributed by atoms with Crippen LogP contribution >= 0.6 is 0 Å². The normalized spacial score (nSPS) is 17.9. The summed E-state index contributed by atoms with van der Waals surface area (Å²) in [6.07, 6.45) is 3.58. The maximum Gasteiger partial charge on any atom is 0.294 e. The topological polar surface area (TPSA) is 84.1 Å². The van der Waals surface area contributed by atoms with E-state index in [0.717, 1.165) is 24.0 Å². The molecule has 2 aromatic carbocycles. The van der Waals surface area contributed by atoms with Crippen molar-refractivity contribution in [1.29, 1.82) is 0 Å². The van der Waals surface area contributed by atoms with Gasteiger partial charge in [-0.25, -0.2) is 9.82 Å². The van der Waals surface area contributed by atoms with E-state index < -0.39 is 0 Å². The number of carbonyl (C=O) groups excluding carboxylic acids is 2. The molecule has 1 atom stereocenters. The maximum absolute atomic E-state index is 13.8. The van der Waals surface area contributed by atoms with Crippen molar-refractivity contribution in [2.45, 2.75) is 52.0 Å². The average molecular weight is 490 g/mol. The fraction of sp³-hybridized carbons (Fsp3) is 0.321. The highest BCUT2D eigenvalue weighted by Gasteiger charge is 2.35. The van der Waals surface area contributed by atoms with Gasteiger partial charge in [0.2, 0.25) is 0 Å². The molecule has 1 N–H and O–H groups in total. The Morgan fingerprint density at radius 3 is 2.78 bits per heavy atom. The standard InChI is InChI=1S/C28H28FN3O4/c1-16-11-12-18-15-19(29)13-14-22(18)32(16)28(34)26-17(2)25-21(8-6-10-24(25)36-26)30-31-27(33)20-7-4-5-9-23(20)35-3/h4-5,7,9,13-16H,6,8,10-12H2,1-3H3,(H,31,33)/b30-21+. The van der Waals surface area contributed by atoms with Gasteiger partial charge in [0, 0.05) is 29.3 Å². The summed E-state index contributed by atoms with van der Waals surface area (Å²) in [6, 6.07) is 11.4. The number of hydrazone groups is 1. The molecule has 1 unspecified atom stereocenters. The summed E-state index contributed by atoms with van der Waals surface area (Å²) >= 11 is 0. The first-order valence-corrected chi connectivity index (χ1v) is 12.1. The molecule has 36 heavy (non-hydrogen) atoms. The summed E-state index contributed by atoms with van der Waals surface area (Å²) in [4.78, 5) is 28.2. The molecule has 0 spiro atoms. The number of hydrogen-bond donors (Lipinski definition) is 1. The Morgan fingerprint density at radius 1 is 1.17 bits per heavy atom. The molecule has 2 amide bonds. The van der Waals surface area contributed by atoms with Crippen molar-refractivity contribution < 1.29 is 23.1 Å². The molecule has 3 aromatic rings. The maximum atomic E-state index is 13.8. The fourth-order valence-corrected chi connectivity index (χ4v) is 5.13. The van der Waals surface area contributed by atoms with Gasteiger partial charge in [-0.15, -0.1) is 0 Å². The van der Waals surface area contributed by atoms with E-state index in [4.69, 9.17) is 9.15 Å². The Labute approximate surface area is 208 Å². The highest BCUT2D eigenvalue weighted by molar-refractivity contribution is 6.11. The summed E-state index contributed by atoms with van der Waals surface area (Å²) in [7, 11) is 1.51. The van der Waals surface area contributed by atoms with Gasteiger partial charge in [0.1, 0.15) is 17.3 Å². The van der Waals surface area contributed by atoms with Crippen LogP contribution in [-0.2, 0) is 12.8 Å². The van der Waals surface area contributed by atoms with E-state index in [1.807, 2.05) is 13.8 Å². The fourth-order valence-electron chi connectivity index (χ4n) is 5.13. The number of aryl methyl sites for hydroxylation is 2. The molecule has 2 heterocycles. The van der Waals surface area contributed by atoms with Crippen LogP contribution in [0.3, 0.4) is 0 Å². The van der Waals surface area contributed by atoms with Crippen LogP contribution < -0.4 is 15.1 Å². The Bertz CT molecular complexity index is 1380. The monoisotopic (exact) mass is 489 g/mol. The molecule has 0 fully saturated rings.